The Kier molecular flexibility index (Phi) is 6.41. The fourth-order valence-corrected chi connectivity index (χ4v) is 3.68. The Morgan fingerprint density at radius 3 is 2.61 bits per heavy atom. The van der Waals surface area contributed by atoms with Gasteiger partial charge in [0.1, 0.15) is 17.4 Å². The molecular weight excluding hydrogens is 330 g/mol. The first-order valence-corrected chi connectivity index (χ1v) is 9.17. The molecule has 1 amide bonds. The Bertz CT molecular complexity index is 653. The summed E-state index contributed by atoms with van der Waals surface area (Å²) in [4.78, 5) is 11.9. The van der Waals surface area contributed by atoms with Gasteiger partial charge in [0.15, 0.2) is 4.34 Å². The van der Waals surface area contributed by atoms with E-state index in [9.17, 15) is 4.79 Å². The van der Waals surface area contributed by atoms with E-state index in [4.69, 9.17) is 4.74 Å². The number of ether oxygens (including phenoxy) is 1. The lowest BCUT2D eigenvalue weighted by Crippen LogP contribution is -2.37. The maximum Gasteiger partial charge on any atom is 0.230 e. The molecule has 0 spiro atoms. The van der Waals surface area contributed by atoms with Gasteiger partial charge in [0.2, 0.25) is 5.91 Å². The highest BCUT2D eigenvalue weighted by molar-refractivity contribution is 8.01. The predicted octanol–water partition coefficient (Wildman–Crippen LogP) is 3.14. The van der Waals surface area contributed by atoms with E-state index in [1.54, 1.807) is 0 Å². The second-order valence-electron chi connectivity index (χ2n) is 5.38. The van der Waals surface area contributed by atoms with Gasteiger partial charge < -0.3 is 10.1 Å². The van der Waals surface area contributed by atoms with Crippen LogP contribution in [0.5, 0.6) is 5.75 Å². The maximum absolute atomic E-state index is 11.9. The van der Waals surface area contributed by atoms with Crippen LogP contribution in [0, 0.1) is 20.8 Å². The number of rotatable bonds is 7. The number of aryl methyl sites for hydroxylation is 3. The number of hydrogen-bond donors (Lipinski definition) is 1. The third kappa shape index (κ3) is 5.51. The molecule has 1 heterocycles. The number of amides is 1. The molecular formula is C16H21N3O2S2. The van der Waals surface area contributed by atoms with Crippen molar-refractivity contribution in [3.8, 4) is 5.75 Å². The van der Waals surface area contributed by atoms with Gasteiger partial charge in [-0.3, -0.25) is 4.79 Å². The van der Waals surface area contributed by atoms with E-state index in [0.717, 1.165) is 26.2 Å². The summed E-state index contributed by atoms with van der Waals surface area (Å²) < 4.78 is 6.67. The van der Waals surface area contributed by atoms with Crippen LogP contribution in [-0.2, 0) is 4.79 Å². The molecule has 1 atom stereocenters. The number of hydrogen-bond acceptors (Lipinski definition) is 6. The number of carbonyl (C=O) groups excluding carboxylic acids is 1. The third-order valence-electron chi connectivity index (χ3n) is 3.13. The second kappa shape index (κ2) is 8.31. The zero-order valence-electron chi connectivity index (χ0n) is 13.8. The molecule has 23 heavy (non-hydrogen) atoms. The number of nitrogens with zero attached hydrogens (tertiary/aromatic N) is 2. The van der Waals surface area contributed by atoms with E-state index < -0.39 is 0 Å². The van der Waals surface area contributed by atoms with Crippen LogP contribution in [0.25, 0.3) is 0 Å². The van der Waals surface area contributed by atoms with E-state index in [1.165, 1.54) is 23.1 Å². The van der Waals surface area contributed by atoms with Crippen molar-refractivity contribution in [3.63, 3.8) is 0 Å². The quantitative estimate of drug-likeness (QED) is 0.777. The molecule has 0 unspecified atom stereocenters. The van der Waals surface area contributed by atoms with Crippen molar-refractivity contribution in [2.24, 2.45) is 0 Å². The van der Waals surface area contributed by atoms with Crippen molar-refractivity contribution in [3.05, 3.63) is 34.3 Å². The van der Waals surface area contributed by atoms with Crippen LogP contribution in [-0.4, -0.2) is 34.5 Å². The number of nitrogens with one attached hydrogen (secondary N) is 1. The minimum Gasteiger partial charge on any atom is -0.491 e. The number of aromatic nitrogens is 2. The van der Waals surface area contributed by atoms with Gasteiger partial charge in [0.05, 0.1) is 11.8 Å². The van der Waals surface area contributed by atoms with Gasteiger partial charge in [-0.25, -0.2) is 0 Å². The highest BCUT2D eigenvalue weighted by Crippen LogP contribution is 2.23. The van der Waals surface area contributed by atoms with Crippen LogP contribution in [0.15, 0.2) is 22.5 Å². The molecule has 0 aliphatic rings. The standard InChI is InChI=1S/C16H21N3O2S2/c1-10-6-5-7-11(2)15(10)21-8-12(3)17-14(20)9-22-16-19-18-13(4)23-16/h5-7,12H,8-9H2,1-4H3,(H,17,20)/t12-/m0/s1. The minimum atomic E-state index is -0.0572. The van der Waals surface area contributed by atoms with Crippen molar-refractivity contribution in [2.75, 3.05) is 12.4 Å². The molecule has 1 N–H and O–H groups in total. The summed E-state index contributed by atoms with van der Waals surface area (Å²) in [7, 11) is 0. The summed E-state index contributed by atoms with van der Waals surface area (Å²) in [6.07, 6.45) is 0. The van der Waals surface area contributed by atoms with Crippen molar-refractivity contribution >= 4 is 29.0 Å². The van der Waals surface area contributed by atoms with Crippen LogP contribution in [0.3, 0.4) is 0 Å². The third-order valence-corrected chi connectivity index (χ3v) is 5.10. The van der Waals surface area contributed by atoms with E-state index >= 15 is 0 Å². The number of thioether (sulfide) groups is 1. The van der Waals surface area contributed by atoms with Gasteiger partial charge in [-0.05, 0) is 38.8 Å². The lowest BCUT2D eigenvalue weighted by molar-refractivity contribution is -0.119. The number of benzene rings is 1. The Balaban J connectivity index is 1.75. The SMILES string of the molecule is Cc1nnc(SCC(=O)N[C@@H](C)COc2c(C)cccc2C)s1. The van der Waals surface area contributed by atoms with Crippen LogP contribution < -0.4 is 10.1 Å². The van der Waals surface area contributed by atoms with Gasteiger partial charge in [-0.1, -0.05) is 41.3 Å². The van der Waals surface area contributed by atoms with E-state index in [0.29, 0.717) is 12.4 Å². The molecule has 124 valence electrons. The molecule has 0 saturated carbocycles. The van der Waals surface area contributed by atoms with Crippen molar-refractivity contribution < 1.29 is 9.53 Å². The smallest absolute Gasteiger partial charge is 0.230 e. The van der Waals surface area contributed by atoms with Gasteiger partial charge in [-0.15, -0.1) is 10.2 Å². The fraction of sp³-hybridized carbons (Fsp3) is 0.438. The largest absolute Gasteiger partial charge is 0.491 e. The Morgan fingerprint density at radius 1 is 1.30 bits per heavy atom. The van der Waals surface area contributed by atoms with E-state index in [1.807, 2.05) is 45.9 Å². The molecule has 0 radical (unpaired) electrons. The Labute approximate surface area is 144 Å². The first-order chi connectivity index (χ1) is 11.0. The van der Waals surface area contributed by atoms with Gasteiger partial charge in [0.25, 0.3) is 0 Å². The van der Waals surface area contributed by atoms with Crippen LogP contribution in [0.4, 0.5) is 0 Å². The average molecular weight is 351 g/mol. The molecule has 0 fully saturated rings. The van der Waals surface area contributed by atoms with Gasteiger partial charge in [0, 0.05) is 0 Å². The average Bonchev–Trinajstić information content (AvgIpc) is 2.90. The lowest BCUT2D eigenvalue weighted by Gasteiger charge is -2.17. The highest BCUT2D eigenvalue weighted by Gasteiger charge is 2.11. The van der Waals surface area contributed by atoms with Crippen LogP contribution in [0.2, 0.25) is 0 Å². The van der Waals surface area contributed by atoms with E-state index in [2.05, 4.69) is 15.5 Å². The lowest BCUT2D eigenvalue weighted by atomic mass is 10.1. The summed E-state index contributed by atoms with van der Waals surface area (Å²) in [5.74, 6) is 1.20. The van der Waals surface area contributed by atoms with Crippen molar-refractivity contribution in [1.29, 1.82) is 0 Å². The molecule has 0 aliphatic heterocycles. The molecule has 7 heteroatoms. The summed E-state index contributed by atoms with van der Waals surface area (Å²) in [5.41, 5.74) is 2.21. The molecule has 0 saturated heterocycles. The summed E-state index contributed by atoms with van der Waals surface area (Å²) in [5, 5.41) is 11.8. The first-order valence-electron chi connectivity index (χ1n) is 7.37. The van der Waals surface area contributed by atoms with Crippen LogP contribution >= 0.6 is 23.1 Å². The first kappa shape index (κ1) is 17.7. The number of para-hydroxylation sites is 1. The van der Waals surface area contributed by atoms with E-state index in [-0.39, 0.29) is 11.9 Å². The van der Waals surface area contributed by atoms with Crippen molar-refractivity contribution in [2.45, 2.75) is 38.1 Å². The Hall–Kier alpha value is -1.60. The minimum absolute atomic E-state index is 0.0274. The second-order valence-corrected chi connectivity index (χ2v) is 7.78. The molecule has 1 aromatic carbocycles. The molecule has 0 bridgehead atoms. The maximum atomic E-state index is 11.9. The normalized spacial score (nSPS) is 12.0. The summed E-state index contributed by atoms with van der Waals surface area (Å²) in [6.45, 7) is 8.32. The van der Waals surface area contributed by atoms with Gasteiger partial charge >= 0.3 is 0 Å². The van der Waals surface area contributed by atoms with Crippen molar-refractivity contribution in [1.82, 2.24) is 15.5 Å². The highest BCUT2D eigenvalue weighted by atomic mass is 32.2. The zero-order chi connectivity index (χ0) is 16.8. The predicted molar refractivity (Wildman–Crippen MR) is 94.4 cm³/mol. The number of carbonyl (C=O) groups is 1. The van der Waals surface area contributed by atoms with Crippen LogP contribution in [0.1, 0.15) is 23.1 Å². The monoisotopic (exact) mass is 351 g/mol. The zero-order valence-corrected chi connectivity index (χ0v) is 15.4. The molecule has 0 aliphatic carbocycles. The van der Waals surface area contributed by atoms with Gasteiger partial charge in [-0.2, -0.15) is 0 Å². The fourth-order valence-electron chi connectivity index (χ4n) is 2.06. The molecule has 2 rings (SSSR count). The molecule has 5 nitrogen and oxygen atoms in total. The Morgan fingerprint density at radius 2 is 2.00 bits per heavy atom. The summed E-state index contributed by atoms with van der Waals surface area (Å²) in [6, 6.07) is 5.99. The molecule has 1 aromatic heterocycles. The topological polar surface area (TPSA) is 64.1 Å². The molecule has 2 aromatic rings. The summed E-state index contributed by atoms with van der Waals surface area (Å²) >= 11 is 2.90.